The minimum atomic E-state index is 0. The molecular formula is C20H34ClN. The lowest BCUT2D eigenvalue weighted by atomic mass is 9.57. The van der Waals surface area contributed by atoms with Gasteiger partial charge in [0.25, 0.3) is 0 Å². The first-order valence-corrected chi connectivity index (χ1v) is 8.34. The van der Waals surface area contributed by atoms with E-state index in [1.807, 2.05) is 0 Å². The Labute approximate surface area is 143 Å². The number of nitrogens with two attached hydrogens (primary N) is 1. The van der Waals surface area contributed by atoms with E-state index in [-0.39, 0.29) is 23.2 Å². The maximum absolute atomic E-state index is 5.86. The molecule has 0 aromatic carbocycles. The van der Waals surface area contributed by atoms with Crippen LogP contribution >= 0.6 is 12.4 Å². The van der Waals surface area contributed by atoms with E-state index in [0.717, 1.165) is 19.4 Å². The molecular weight excluding hydrogens is 290 g/mol. The molecule has 0 atom stereocenters. The summed E-state index contributed by atoms with van der Waals surface area (Å²) in [5.41, 5.74) is 6.19. The number of hydrogen-bond donors (Lipinski definition) is 1. The van der Waals surface area contributed by atoms with Crippen LogP contribution in [0.3, 0.4) is 0 Å². The van der Waals surface area contributed by atoms with Crippen molar-refractivity contribution in [3.05, 3.63) is 48.6 Å². The Bertz CT molecular complexity index is 357. The smallest absolute Gasteiger partial charge is 0.00746 e. The van der Waals surface area contributed by atoms with Gasteiger partial charge < -0.3 is 5.73 Å². The zero-order valence-corrected chi connectivity index (χ0v) is 15.5. The first-order valence-electron chi connectivity index (χ1n) is 8.34. The van der Waals surface area contributed by atoms with E-state index in [4.69, 9.17) is 5.73 Å². The standard InChI is InChI=1S/C20H33N.ClH/c1-5-10-19(11-6-2)15-18(9-14-21)16-20(17-19,12-7-3)13-8-4;/h5-8,10-13,18H,9,14-17,21H2,1-4H3;1H. The fourth-order valence-electron chi connectivity index (χ4n) is 4.29. The Kier molecular flexibility index (Phi) is 9.71. The number of hydrogen-bond acceptors (Lipinski definition) is 1. The van der Waals surface area contributed by atoms with Crippen LogP contribution in [0.5, 0.6) is 0 Å². The zero-order chi connectivity index (χ0) is 15.8. The molecule has 0 aliphatic heterocycles. The van der Waals surface area contributed by atoms with Crippen LogP contribution in [-0.2, 0) is 0 Å². The maximum atomic E-state index is 5.86. The van der Waals surface area contributed by atoms with Gasteiger partial charge in [-0.3, -0.25) is 0 Å². The second kappa shape index (κ2) is 10.1. The van der Waals surface area contributed by atoms with Crippen LogP contribution in [0.1, 0.15) is 53.4 Å². The molecule has 1 fully saturated rings. The van der Waals surface area contributed by atoms with Gasteiger partial charge in [-0.05, 0) is 65.8 Å². The second-order valence-corrected chi connectivity index (χ2v) is 6.49. The fraction of sp³-hybridized carbons (Fsp3) is 0.600. The Morgan fingerprint density at radius 2 is 1.18 bits per heavy atom. The highest BCUT2D eigenvalue weighted by molar-refractivity contribution is 5.85. The Balaban J connectivity index is 0.00000441. The normalized spacial score (nSPS) is 33.2. The molecule has 126 valence electrons. The van der Waals surface area contributed by atoms with Gasteiger partial charge in [0.15, 0.2) is 0 Å². The average Bonchev–Trinajstić information content (AvgIpc) is 2.39. The lowest BCUT2D eigenvalue weighted by molar-refractivity contribution is 0.145. The van der Waals surface area contributed by atoms with E-state index in [1.165, 1.54) is 12.8 Å². The molecule has 1 aliphatic carbocycles. The summed E-state index contributed by atoms with van der Waals surface area (Å²) in [4.78, 5) is 0. The van der Waals surface area contributed by atoms with Gasteiger partial charge in [0.2, 0.25) is 0 Å². The van der Waals surface area contributed by atoms with Gasteiger partial charge in [-0.15, -0.1) is 12.4 Å². The van der Waals surface area contributed by atoms with Crippen LogP contribution in [0.4, 0.5) is 0 Å². The summed E-state index contributed by atoms with van der Waals surface area (Å²) in [6, 6.07) is 0. The van der Waals surface area contributed by atoms with Crippen molar-refractivity contribution in [2.75, 3.05) is 6.54 Å². The molecule has 1 saturated carbocycles. The topological polar surface area (TPSA) is 26.0 Å². The van der Waals surface area contributed by atoms with Crippen LogP contribution in [-0.4, -0.2) is 6.54 Å². The molecule has 1 rings (SSSR count). The van der Waals surface area contributed by atoms with E-state index >= 15 is 0 Å². The minimum absolute atomic E-state index is 0. The molecule has 0 unspecified atom stereocenters. The van der Waals surface area contributed by atoms with Crippen molar-refractivity contribution in [1.29, 1.82) is 0 Å². The van der Waals surface area contributed by atoms with Gasteiger partial charge in [-0.25, -0.2) is 0 Å². The molecule has 0 bridgehead atoms. The van der Waals surface area contributed by atoms with Crippen molar-refractivity contribution < 1.29 is 0 Å². The second-order valence-electron chi connectivity index (χ2n) is 6.49. The molecule has 2 N–H and O–H groups in total. The fourth-order valence-corrected chi connectivity index (χ4v) is 4.29. The van der Waals surface area contributed by atoms with Crippen molar-refractivity contribution in [2.45, 2.75) is 53.4 Å². The molecule has 2 heteroatoms. The van der Waals surface area contributed by atoms with Crippen LogP contribution in [0.25, 0.3) is 0 Å². The Morgan fingerprint density at radius 3 is 1.45 bits per heavy atom. The van der Waals surface area contributed by atoms with Gasteiger partial charge in [0.1, 0.15) is 0 Å². The molecule has 0 radical (unpaired) electrons. The molecule has 0 heterocycles. The van der Waals surface area contributed by atoms with Gasteiger partial charge in [-0.1, -0.05) is 48.6 Å². The van der Waals surface area contributed by atoms with E-state index in [0.29, 0.717) is 5.92 Å². The lowest BCUT2D eigenvalue weighted by Crippen LogP contribution is -2.37. The summed E-state index contributed by atoms with van der Waals surface area (Å²) in [6.07, 6.45) is 23.1. The lowest BCUT2D eigenvalue weighted by Gasteiger charge is -2.47. The van der Waals surface area contributed by atoms with Crippen molar-refractivity contribution >= 4 is 12.4 Å². The third-order valence-corrected chi connectivity index (χ3v) is 4.56. The van der Waals surface area contributed by atoms with Crippen LogP contribution in [0.15, 0.2) is 48.6 Å². The Hall–Kier alpha value is -0.790. The van der Waals surface area contributed by atoms with Crippen LogP contribution < -0.4 is 5.73 Å². The molecule has 0 aromatic rings. The van der Waals surface area contributed by atoms with E-state index in [9.17, 15) is 0 Å². The minimum Gasteiger partial charge on any atom is -0.330 e. The van der Waals surface area contributed by atoms with Crippen molar-refractivity contribution in [1.82, 2.24) is 0 Å². The van der Waals surface area contributed by atoms with Gasteiger partial charge in [0, 0.05) is 10.8 Å². The first-order chi connectivity index (χ1) is 10.1. The van der Waals surface area contributed by atoms with Crippen molar-refractivity contribution in [2.24, 2.45) is 22.5 Å². The van der Waals surface area contributed by atoms with E-state index in [1.54, 1.807) is 0 Å². The molecule has 22 heavy (non-hydrogen) atoms. The summed E-state index contributed by atoms with van der Waals surface area (Å²) in [5, 5.41) is 0. The highest BCUT2D eigenvalue weighted by Crippen LogP contribution is 2.53. The quantitative estimate of drug-likeness (QED) is 0.611. The molecule has 0 saturated heterocycles. The number of halogens is 1. The molecule has 0 amide bonds. The SMILES string of the molecule is CC=CC1(C=CC)CC(CCN)CC(C=CC)(C=CC)C1.Cl. The molecule has 1 nitrogen and oxygen atoms in total. The summed E-state index contributed by atoms with van der Waals surface area (Å²) in [7, 11) is 0. The highest BCUT2D eigenvalue weighted by Gasteiger charge is 2.42. The molecule has 0 spiro atoms. The first kappa shape index (κ1) is 21.2. The monoisotopic (exact) mass is 323 g/mol. The molecule has 1 aliphatic rings. The largest absolute Gasteiger partial charge is 0.330 e. The van der Waals surface area contributed by atoms with Crippen LogP contribution in [0.2, 0.25) is 0 Å². The number of rotatable bonds is 6. The summed E-state index contributed by atoms with van der Waals surface area (Å²) in [5.74, 6) is 0.684. The zero-order valence-electron chi connectivity index (χ0n) is 14.7. The predicted octanol–water partition coefficient (Wildman–Crippen LogP) is 5.83. The van der Waals surface area contributed by atoms with Crippen molar-refractivity contribution in [3.63, 3.8) is 0 Å². The summed E-state index contributed by atoms with van der Waals surface area (Å²) >= 11 is 0. The summed E-state index contributed by atoms with van der Waals surface area (Å²) < 4.78 is 0. The third-order valence-electron chi connectivity index (χ3n) is 4.56. The van der Waals surface area contributed by atoms with Crippen molar-refractivity contribution in [3.8, 4) is 0 Å². The van der Waals surface area contributed by atoms with E-state index in [2.05, 4.69) is 76.3 Å². The molecule has 0 aromatic heterocycles. The summed E-state index contributed by atoms with van der Waals surface area (Å²) in [6.45, 7) is 9.30. The van der Waals surface area contributed by atoms with Gasteiger partial charge in [-0.2, -0.15) is 0 Å². The van der Waals surface area contributed by atoms with Gasteiger partial charge >= 0.3 is 0 Å². The average molecular weight is 324 g/mol. The number of allylic oxidation sites excluding steroid dienone is 8. The highest BCUT2D eigenvalue weighted by atomic mass is 35.5. The Morgan fingerprint density at radius 1 is 0.818 bits per heavy atom. The predicted molar refractivity (Wildman–Crippen MR) is 102 cm³/mol. The van der Waals surface area contributed by atoms with Gasteiger partial charge in [0.05, 0.1) is 0 Å². The third kappa shape index (κ3) is 5.44. The van der Waals surface area contributed by atoms with E-state index < -0.39 is 0 Å². The maximum Gasteiger partial charge on any atom is 0.00746 e. The van der Waals surface area contributed by atoms with Crippen LogP contribution in [0, 0.1) is 16.7 Å².